The van der Waals surface area contributed by atoms with E-state index < -0.39 is 0 Å². The Kier molecular flexibility index (Phi) is 3.63. The van der Waals surface area contributed by atoms with Gasteiger partial charge in [0.2, 0.25) is 5.13 Å². The van der Waals surface area contributed by atoms with Gasteiger partial charge in [-0.2, -0.15) is 5.26 Å². The number of hydrogen-bond donors (Lipinski definition) is 1. The summed E-state index contributed by atoms with van der Waals surface area (Å²) in [4.78, 5) is 0. The molecule has 2 aromatic rings. The fraction of sp³-hybridized carbons (Fsp3) is 0.417. The number of anilines is 1. The van der Waals surface area contributed by atoms with Crippen LogP contribution >= 0.6 is 11.3 Å². The monoisotopic (exact) mass is 261 g/mol. The first-order valence-electron chi connectivity index (χ1n) is 5.77. The lowest BCUT2D eigenvalue weighted by Crippen LogP contribution is -2.01. The van der Waals surface area contributed by atoms with Gasteiger partial charge in [-0.25, -0.2) is 0 Å². The van der Waals surface area contributed by atoms with Gasteiger partial charge in [0.1, 0.15) is 16.8 Å². The molecule has 0 saturated heterocycles. The molecule has 5 nitrogen and oxygen atoms in total. The molecule has 0 radical (unpaired) electrons. The van der Waals surface area contributed by atoms with E-state index in [0.29, 0.717) is 12.2 Å². The van der Waals surface area contributed by atoms with Crippen LogP contribution in [0.4, 0.5) is 5.13 Å². The second-order valence-electron chi connectivity index (χ2n) is 4.02. The predicted molar refractivity (Wildman–Crippen MR) is 71.5 cm³/mol. The third-order valence-electron chi connectivity index (χ3n) is 2.95. The summed E-state index contributed by atoms with van der Waals surface area (Å²) in [6.07, 6.45) is 0.905. The van der Waals surface area contributed by atoms with E-state index in [1.165, 1.54) is 0 Å². The number of nitrogens with zero attached hydrogens (tertiary/aromatic N) is 4. The first-order valence-corrected chi connectivity index (χ1v) is 6.59. The van der Waals surface area contributed by atoms with Crippen molar-refractivity contribution in [2.75, 3.05) is 5.32 Å². The van der Waals surface area contributed by atoms with Crippen LogP contribution in [0.3, 0.4) is 0 Å². The fourth-order valence-electron chi connectivity index (χ4n) is 1.69. The van der Waals surface area contributed by atoms with Crippen LogP contribution in [0.1, 0.15) is 28.9 Å². The molecule has 0 saturated carbocycles. The summed E-state index contributed by atoms with van der Waals surface area (Å²) < 4.78 is 1.90. The van der Waals surface area contributed by atoms with E-state index in [0.717, 1.165) is 27.8 Å². The highest BCUT2D eigenvalue weighted by atomic mass is 32.1. The Labute approximate surface area is 110 Å². The molecule has 0 unspecified atom stereocenters. The molecule has 2 rings (SSSR count). The lowest BCUT2D eigenvalue weighted by atomic mass is 10.2. The van der Waals surface area contributed by atoms with E-state index in [2.05, 4.69) is 28.5 Å². The maximum absolute atomic E-state index is 8.97. The van der Waals surface area contributed by atoms with Gasteiger partial charge in [-0.05, 0) is 25.0 Å². The summed E-state index contributed by atoms with van der Waals surface area (Å²) in [7, 11) is 1.90. The molecule has 0 bridgehead atoms. The zero-order valence-electron chi connectivity index (χ0n) is 10.7. The Morgan fingerprint density at radius 2 is 2.28 bits per heavy atom. The van der Waals surface area contributed by atoms with Gasteiger partial charge in [0.15, 0.2) is 0 Å². The number of nitriles is 1. The number of nitrogens with one attached hydrogen (secondary N) is 1. The summed E-state index contributed by atoms with van der Waals surface area (Å²) in [5.74, 6) is 0. The minimum atomic E-state index is 0.666. The first kappa shape index (κ1) is 12.6. The molecule has 0 aliphatic heterocycles. The van der Waals surface area contributed by atoms with Gasteiger partial charge in [-0.15, -0.1) is 10.2 Å². The lowest BCUT2D eigenvalue weighted by molar-refractivity contribution is 0.856. The zero-order valence-corrected chi connectivity index (χ0v) is 11.5. The Morgan fingerprint density at radius 3 is 2.83 bits per heavy atom. The van der Waals surface area contributed by atoms with Crippen LogP contribution in [0.2, 0.25) is 0 Å². The van der Waals surface area contributed by atoms with Gasteiger partial charge in [0.05, 0.1) is 0 Å². The highest BCUT2D eigenvalue weighted by molar-refractivity contribution is 7.15. The van der Waals surface area contributed by atoms with Crippen LogP contribution in [0.5, 0.6) is 0 Å². The third-order valence-corrected chi connectivity index (χ3v) is 3.98. The van der Waals surface area contributed by atoms with Crippen molar-refractivity contribution in [2.45, 2.75) is 26.8 Å². The van der Waals surface area contributed by atoms with Gasteiger partial charge in [-0.3, -0.25) is 0 Å². The molecular weight excluding hydrogens is 246 g/mol. The molecule has 6 heteroatoms. The second kappa shape index (κ2) is 5.19. The normalized spacial score (nSPS) is 10.3. The molecule has 0 aliphatic carbocycles. The average molecular weight is 261 g/mol. The van der Waals surface area contributed by atoms with E-state index in [1.54, 1.807) is 11.3 Å². The van der Waals surface area contributed by atoms with Crippen molar-refractivity contribution in [1.29, 1.82) is 5.26 Å². The SMILES string of the molecule is CCc1nnc(NCc2cc(C#N)n(C)c2C)s1. The van der Waals surface area contributed by atoms with Crippen molar-refractivity contribution in [3.63, 3.8) is 0 Å². The highest BCUT2D eigenvalue weighted by Crippen LogP contribution is 2.18. The van der Waals surface area contributed by atoms with Crippen LogP contribution in [0.25, 0.3) is 0 Å². The summed E-state index contributed by atoms with van der Waals surface area (Å²) in [6, 6.07) is 4.08. The average Bonchev–Trinajstić information content (AvgIpc) is 2.95. The van der Waals surface area contributed by atoms with Gasteiger partial charge in [-0.1, -0.05) is 18.3 Å². The van der Waals surface area contributed by atoms with Crippen molar-refractivity contribution >= 4 is 16.5 Å². The van der Waals surface area contributed by atoms with Gasteiger partial charge >= 0.3 is 0 Å². The van der Waals surface area contributed by atoms with Crippen LogP contribution in [0, 0.1) is 18.3 Å². The summed E-state index contributed by atoms with van der Waals surface area (Å²) in [5, 5.41) is 22.2. The molecule has 0 aliphatic rings. The molecule has 94 valence electrons. The van der Waals surface area contributed by atoms with Gasteiger partial charge in [0, 0.05) is 19.3 Å². The highest BCUT2D eigenvalue weighted by Gasteiger charge is 2.09. The summed E-state index contributed by atoms with van der Waals surface area (Å²) >= 11 is 1.57. The van der Waals surface area contributed by atoms with Crippen LogP contribution < -0.4 is 5.32 Å². The molecule has 0 spiro atoms. The minimum Gasteiger partial charge on any atom is -0.356 e. The standard InChI is InChI=1S/C12H15N5S/c1-4-11-15-16-12(18-11)14-7-9-5-10(6-13)17(3)8(9)2/h5H,4,7H2,1-3H3,(H,14,16). The smallest absolute Gasteiger partial charge is 0.205 e. The fourth-order valence-corrected chi connectivity index (χ4v) is 2.36. The van der Waals surface area contributed by atoms with Crippen molar-refractivity contribution < 1.29 is 0 Å². The molecule has 2 heterocycles. The number of aryl methyl sites for hydroxylation is 1. The van der Waals surface area contributed by atoms with Crippen molar-refractivity contribution in [1.82, 2.24) is 14.8 Å². The maximum Gasteiger partial charge on any atom is 0.205 e. The van der Waals surface area contributed by atoms with E-state index in [4.69, 9.17) is 5.26 Å². The van der Waals surface area contributed by atoms with Crippen molar-refractivity contribution in [3.8, 4) is 6.07 Å². The molecular formula is C12H15N5S. The lowest BCUT2D eigenvalue weighted by Gasteiger charge is -2.02. The van der Waals surface area contributed by atoms with E-state index in [-0.39, 0.29) is 0 Å². The quantitative estimate of drug-likeness (QED) is 0.916. The number of aromatic nitrogens is 3. The Hall–Kier alpha value is -1.87. The molecule has 1 N–H and O–H groups in total. The number of rotatable bonds is 4. The molecule has 0 aromatic carbocycles. The Balaban J connectivity index is 2.09. The van der Waals surface area contributed by atoms with E-state index >= 15 is 0 Å². The molecule has 2 aromatic heterocycles. The maximum atomic E-state index is 8.97. The largest absolute Gasteiger partial charge is 0.356 e. The Bertz CT molecular complexity index is 590. The molecule has 18 heavy (non-hydrogen) atoms. The summed E-state index contributed by atoms with van der Waals surface area (Å²) in [6.45, 7) is 4.74. The van der Waals surface area contributed by atoms with Crippen molar-refractivity contribution in [3.05, 3.63) is 28.0 Å². The molecule has 0 fully saturated rings. The molecule has 0 amide bonds. The topological polar surface area (TPSA) is 66.5 Å². The van der Waals surface area contributed by atoms with E-state index in [9.17, 15) is 0 Å². The third kappa shape index (κ3) is 2.36. The minimum absolute atomic E-state index is 0.666. The molecule has 0 atom stereocenters. The number of hydrogen-bond acceptors (Lipinski definition) is 5. The second-order valence-corrected chi connectivity index (χ2v) is 5.08. The van der Waals surface area contributed by atoms with Crippen molar-refractivity contribution in [2.24, 2.45) is 7.05 Å². The van der Waals surface area contributed by atoms with E-state index in [1.807, 2.05) is 24.6 Å². The van der Waals surface area contributed by atoms with Crippen LogP contribution in [-0.2, 0) is 20.0 Å². The van der Waals surface area contributed by atoms with Gasteiger partial charge < -0.3 is 9.88 Å². The summed E-state index contributed by atoms with van der Waals surface area (Å²) in [5.41, 5.74) is 2.89. The van der Waals surface area contributed by atoms with Crippen LogP contribution in [-0.4, -0.2) is 14.8 Å². The van der Waals surface area contributed by atoms with Gasteiger partial charge in [0.25, 0.3) is 0 Å². The zero-order chi connectivity index (χ0) is 13.1. The Morgan fingerprint density at radius 1 is 1.50 bits per heavy atom. The first-order chi connectivity index (χ1) is 8.65. The predicted octanol–water partition coefficient (Wildman–Crippen LogP) is 2.23. The van der Waals surface area contributed by atoms with Crippen LogP contribution in [0.15, 0.2) is 6.07 Å².